The van der Waals surface area contributed by atoms with E-state index in [-0.39, 0.29) is 13.0 Å². The molecule has 0 heterocycles. The number of halogens is 2. The van der Waals surface area contributed by atoms with Crippen molar-refractivity contribution in [2.75, 3.05) is 13.2 Å². The highest BCUT2D eigenvalue weighted by molar-refractivity contribution is 5.68. The number of hydrogen-bond acceptors (Lipinski definition) is 4. The van der Waals surface area contributed by atoms with Crippen LogP contribution in [0.1, 0.15) is 6.42 Å². The third-order valence-corrected chi connectivity index (χ3v) is 0.826. The number of carbonyl (C=O) groups excluding carboxylic acids is 1. The van der Waals surface area contributed by atoms with Crippen molar-refractivity contribution in [2.24, 2.45) is 5.90 Å². The minimum atomic E-state index is -2.51. The van der Waals surface area contributed by atoms with Gasteiger partial charge in [0.2, 0.25) is 0 Å². The van der Waals surface area contributed by atoms with Gasteiger partial charge in [0.25, 0.3) is 6.43 Å². The maximum absolute atomic E-state index is 11.4. The average Bonchev–Trinajstić information content (AvgIpc) is 1.97. The van der Waals surface area contributed by atoms with Crippen LogP contribution in [0.4, 0.5) is 8.78 Å². The Kier molecular flexibility index (Phi) is 5.58. The van der Waals surface area contributed by atoms with Crippen molar-refractivity contribution < 1.29 is 23.1 Å². The molecule has 0 radical (unpaired) electrons. The number of hydrogen-bond donors (Lipinski definition) is 1. The molecule has 0 aromatic carbocycles. The van der Waals surface area contributed by atoms with Crippen molar-refractivity contribution in [3.05, 3.63) is 0 Å². The molecule has 0 fully saturated rings. The zero-order chi connectivity index (χ0) is 8.69. The van der Waals surface area contributed by atoms with E-state index < -0.39 is 19.0 Å². The van der Waals surface area contributed by atoms with Crippen LogP contribution in [0, 0.1) is 0 Å². The lowest BCUT2D eigenvalue weighted by atomic mass is 10.5. The molecule has 66 valence electrons. The van der Waals surface area contributed by atoms with Gasteiger partial charge in [0.15, 0.2) is 0 Å². The number of rotatable bonds is 5. The lowest BCUT2D eigenvalue weighted by Gasteiger charge is -2.00. The van der Waals surface area contributed by atoms with Crippen LogP contribution in [-0.4, -0.2) is 25.6 Å². The maximum atomic E-state index is 11.4. The highest BCUT2D eigenvalue weighted by Gasteiger charge is 2.04. The number of nitrogens with two attached hydrogens (primary N) is 1. The molecule has 6 heteroatoms. The van der Waals surface area contributed by atoms with Crippen LogP contribution in [0.15, 0.2) is 0 Å². The van der Waals surface area contributed by atoms with Gasteiger partial charge in [0.1, 0.15) is 6.61 Å². The second-order valence-corrected chi connectivity index (χ2v) is 1.71. The van der Waals surface area contributed by atoms with Crippen LogP contribution >= 0.6 is 0 Å². The molecule has 0 aliphatic carbocycles. The van der Waals surface area contributed by atoms with E-state index >= 15 is 0 Å². The first kappa shape index (κ1) is 10.2. The molecular formula is C5H9F2NO3. The molecule has 0 aromatic rings. The molecule has 0 unspecified atom stereocenters. The summed E-state index contributed by atoms with van der Waals surface area (Å²) in [6.45, 7) is -0.766. The van der Waals surface area contributed by atoms with E-state index in [1.165, 1.54) is 0 Å². The summed E-state index contributed by atoms with van der Waals surface area (Å²) in [5.74, 6) is 3.78. The largest absolute Gasteiger partial charge is 0.375 e. The van der Waals surface area contributed by atoms with Gasteiger partial charge in [0.05, 0.1) is 13.0 Å². The van der Waals surface area contributed by atoms with Crippen LogP contribution < -0.4 is 5.90 Å². The summed E-state index contributed by atoms with van der Waals surface area (Å²) in [6.07, 6.45) is -2.62. The van der Waals surface area contributed by atoms with E-state index in [1.807, 2.05) is 0 Å². The minimum absolute atomic E-state index is 0.0969. The van der Waals surface area contributed by atoms with Gasteiger partial charge >= 0.3 is 5.97 Å². The fourth-order valence-electron chi connectivity index (χ4n) is 0.387. The first-order valence-electron chi connectivity index (χ1n) is 2.92. The lowest BCUT2D eigenvalue weighted by Crippen LogP contribution is -2.14. The molecule has 0 saturated heterocycles. The molecular weight excluding hydrogens is 160 g/mol. The fraction of sp³-hybridized carbons (Fsp3) is 0.800. The van der Waals surface area contributed by atoms with E-state index in [0.717, 1.165) is 0 Å². The Bertz CT molecular complexity index is 120. The van der Waals surface area contributed by atoms with E-state index in [0.29, 0.717) is 0 Å². The molecule has 0 aliphatic rings. The first-order valence-corrected chi connectivity index (χ1v) is 2.92. The van der Waals surface area contributed by atoms with Gasteiger partial charge in [0, 0.05) is 0 Å². The third kappa shape index (κ3) is 7.14. The molecule has 0 spiro atoms. The summed E-state index contributed by atoms with van der Waals surface area (Å²) >= 11 is 0. The van der Waals surface area contributed by atoms with Gasteiger partial charge in [-0.3, -0.25) is 4.79 Å². The summed E-state index contributed by atoms with van der Waals surface area (Å²) in [4.78, 5) is 14.0. The van der Waals surface area contributed by atoms with Gasteiger partial charge < -0.3 is 9.57 Å². The van der Waals surface area contributed by atoms with Gasteiger partial charge in [-0.25, -0.2) is 8.78 Å². The van der Waals surface area contributed by atoms with Gasteiger partial charge in [-0.05, 0) is 0 Å². The van der Waals surface area contributed by atoms with Gasteiger partial charge in [-0.2, -0.15) is 5.90 Å². The Balaban J connectivity index is 3.08. The van der Waals surface area contributed by atoms with Crippen LogP contribution in [-0.2, 0) is 14.4 Å². The first-order chi connectivity index (χ1) is 5.16. The minimum Gasteiger partial charge on any atom is -0.375 e. The lowest BCUT2D eigenvalue weighted by molar-refractivity contribution is -0.145. The Morgan fingerprint density at radius 3 is 2.64 bits per heavy atom. The average molecular weight is 169 g/mol. The smallest absolute Gasteiger partial charge is 0.326 e. The SMILES string of the molecule is NOC(=O)CCOCC(F)F. The highest BCUT2D eigenvalue weighted by Crippen LogP contribution is 1.93. The molecule has 11 heavy (non-hydrogen) atoms. The number of alkyl halides is 2. The summed E-state index contributed by atoms with van der Waals surface area (Å²) in [6, 6.07) is 0. The van der Waals surface area contributed by atoms with Crippen molar-refractivity contribution in [2.45, 2.75) is 12.8 Å². The van der Waals surface area contributed by atoms with Gasteiger partial charge in [-0.15, -0.1) is 0 Å². The van der Waals surface area contributed by atoms with Crippen LogP contribution in [0.25, 0.3) is 0 Å². The van der Waals surface area contributed by atoms with Crippen molar-refractivity contribution in [1.82, 2.24) is 0 Å². The van der Waals surface area contributed by atoms with Crippen LogP contribution in [0.5, 0.6) is 0 Å². The molecule has 0 amide bonds. The van der Waals surface area contributed by atoms with Crippen molar-refractivity contribution >= 4 is 5.97 Å². The monoisotopic (exact) mass is 169 g/mol. The topological polar surface area (TPSA) is 61.5 Å². The molecule has 0 aliphatic heterocycles. The van der Waals surface area contributed by atoms with Crippen molar-refractivity contribution in [3.8, 4) is 0 Å². The zero-order valence-corrected chi connectivity index (χ0v) is 5.76. The molecule has 0 saturated carbocycles. The normalized spacial score (nSPS) is 10.2. The molecule has 0 bridgehead atoms. The second-order valence-electron chi connectivity index (χ2n) is 1.71. The molecule has 0 rings (SSSR count). The molecule has 2 N–H and O–H groups in total. The predicted octanol–water partition coefficient (Wildman–Crippen LogP) is 0.0751. The Morgan fingerprint density at radius 2 is 2.18 bits per heavy atom. The van der Waals surface area contributed by atoms with E-state index in [1.54, 1.807) is 0 Å². The highest BCUT2D eigenvalue weighted by atomic mass is 19.3. The van der Waals surface area contributed by atoms with Crippen LogP contribution in [0.3, 0.4) is 0 Å². The van der Waals surface area contributed by atoms with E-state index in [4.69, 9.17) is 0 Å². The quantitative estimate of drug-likeness (QED) is 0.467. The van der Waals surface area contributed by atoms with Gasteiger partial charge in [-0.1, -0.05) is 0 Å². The summed E-state index contributed by atoms with van der Waals surface area (Å²) in [5, 5.41) is 0. The standard InChI is InChI=1S/C5H9F2NO3/c6-4(7)3-10-2-1-5(9)11-8/h4H,1-3,8H2. The van der Waals surface area contributed by atoms with E-state index in [9.17, 15) is 13.6 Å². The Morgan fingerprint density at radius 1 is 1.55 bits per heavy atom. The van der Waals surface area contributed by atoms with E-state index in [2.05, 4.69) is 15.5 Å². The summed E-state index contributed by atoms with van der Waals surface area (Å²) in [5.41, 5.74) is 0. The van der Waals surface area contributed by atoms with Crippen molar-refractivity contribution in [3.63, 3.8) is 0 Å². The maximum Gasteiger partial charge on any atom is 0.326 e. The van der Waals surface area contributed by atoms with Crippen LogP contribution in [0.2, 0.25) is 0 Å². The second kappa shape index (κ2) is 5.99. The zero-order valence-electron chi connectivity index (χ0n) is 5.76. The fourth-order valence-corrected chi connectivity index (χ4v) is 0.387. The third-order valence-electron chi connectivity index (χ3n) is 0.826. The molecule has 0 atom stereocenters. The number of ether oxygens (including phenoxy) is 1. The predicted molar refractivity (Wildman–Crippen MR) is 31.7 cm³/mol. The Labute approximate surface area is 62.2 Å². The summed E-state index contributed by atoms with van der Waals surface area (Å²) < 4.78 is 27.1. The van der Waals surface area contributed by atoms with Crippen molar-refractivity contribution in [1.29, 1.82) is 0 Å². The Hall–Kier alpha value is -0.750. The number of carbonyl (C=O) groups is 1. The molecule has 4 nitrogen and oxygen atoms in total. The molecule has 0 aromatic heterocycles. The summed E-state index contributed by atoms with van der Waals surface area (Å²) in [7, 11) is 0.